The predicted molar refractivity (Wildman–Crippen MR) is 79.5 cm³/mol. The molecule has 0 N–H and O–H groups in total. The topological polar surface area (TPSA) is 55.5 Å². The number of aryl methyl sites for hydroxylation is 1. The molecule has 1 aliphatic rings. The van der Waals surface area contributed by atoms with Crippen molar-refractivity contribution in [3.05, 3.63) is 51.8 Å². The summed E-state index contributed by atoms with van der Waals surface area (Å²) in [6, 6.07) is 8.01. The molecule has 0 fully saturated rings. The monoisotopic (exact) mass is 286 g/mol. The fourth-order valence-corrected chi connectivity index (χ4v) is 2.93. The zero-order valence-corrected chi connectivity index (χ0v) is 12.4. The van der Waals surface area contributed by atoms with E-state index >= 15 is 0 Å². The summed E-state index contributed by atoms with van der Waals surface area (Å²) in [7, 11) is 0. The van der Waals surface area contributed by atoms with E-state index in [0.29, 0.717) is 11.5 Å². The highest BCUT2D eigenvalue weighted by molar-refractivity contribution is 5.96. The molecule has 2 heterocycles. The maximum atomic E-state index is 12.6. The molecule has 2 aromatic rings. The van der Waals surface area contributed by atoms with Crippen LogP contribution in [0.4, 0.5) is 5.69 Å². The number of amides is 1. The summed E-state index contributed by atoms with van der Waals surface area (Å²) in [5.74, 6) is -0.000365. The number of anilines is 1. The number of rotatable bonds is 2. The predicted octanol–water partition coefficient (Wildman–Crippen LogP) is 2.04. The largest absolute Gasteiger partial charge is 0.419 e. The van der Waals surface area contributed by atoms with Crippen molar-refractivity contribution in [2.24, 2.45) is 0 Å². The fourth-order valence-electron chi connectivity index (χ4n) is 2.93. The van der Waals surface area contributed by atoms with Crippen molar-refractivity contribution in [2.45, 2.75) is 39.8 Å². The summed E-state index contributed by atoms with van der Waals surface area (Å²) in [6.07, 6.45) is 0.847. The smallest absolute Gasteiger partial charge is 0.413 e. The van der Waals surface area contributed by atoms with Gasteiger partial charge in [0.25, 0.3) is 0 Å². The van der Waals surface area contributed by atoms with Crippen LogP contribution in [0.15, 0.2) is 33.5 Å². The normalized spacial score (nSPS) is 17.1. The van der Waals surface area contributed by atoms with Crippen LogP contribution in [0.1, 0.15) is 23.9 Å². The molecular formula is C16H18N2O3. The van der Waals surface area contributed by atoms with Crippen molar-refractivity contribution in [1.82, 2.24) is 4.57 Å². The zero-order valence-electron chi connectivity index (χ0n) is 12.4. The number of carbonyl (C=O) groups is 1. The lowest BCUT2D eigenvalue weighted by Crippen LogP contribution is -2.39. The second-order valence-electron chi connectivity index (χ2n) is 5.54. The Balaban J connectivity index is 1.91. The zero-order chi connectivity index (χ0) is 15.1. The maximum Gasteiger partial charge on any atom is 0.419 e. The number of fused-ring (bicyclic) bond motifs is 1. The average Bonchev–Trinajstić information content (AvgIpc) is 2.89. The molecule has 1 amide bonds. The number of aromatic nitrogens is 1. The Labute approximate surface area is 122 Å². The number of oxazole rings is 1. The van der Waals surface area contributed by atoms with Gasteiger partial charge in [-0.1, -0.05) is 18.2 Å². The van der Waals surface area contributed by atoms with E-state index in [1.807, 2.05) is 31.2 Å². The minimum absolute atomic E-state index is 0.0146. The summed E-state index contributed by atoms with van der Waals surface area (Å²) >= 11 is 0. The van der Waals surface area contributed by atoms with Gasteiger partial charge in [-0.05, 0) is 38.8 Å². The quantitative estimate of drug-likeness (QED) is 0.849. The van der Waals surface area contributed by atoms with E-state index in [1.54, 1.807) is 18.7 Å². The lowest BCUT2D eigenvalue weighted by molar-refractivity contribution is -0.119. The van der Waals surface area contributed by atoms with Gasteiger partial charge in [0.1, 0.15) is 12.3 Å². The van der Waals surface area contributed by atoms with Crippen LogP contribution in [-0.4, -0.2) is 16.5 Å². The molecule has 0 unspecified atom stereocenters. The number of benzene rings is 1. The number of hydrogen-bond donors (Lipinski definition) is 0. The molecule has 0 aliphatic carbocycles. The summed E-state index contributed by atoms with van der Waals surface area (Å²) in [5.41, 5.74) is 2.82. The van der Waals surface area contributed by atoms with Gasteiger partial charge in [-0.3, -0.25) is 9.36 Å². The number of nitrogens with zero attached hydrogens (tertiary/aromatic N) is 2. The van der Waals surface area contributed by atoms with Gasteiger partial charge in [0.2, 0.25) is 5.91 Å². The summed E-state index contributed by atoms with van der Waals surface area (Å²) in [6.45, 7) is 5.55. The first-order valence-electron chi connectivity index (χ1n) is 7.06. The van der Waals surface area contributed by atoms with Gasteiger partial charge in [0.05, 0.1) is 5.69 Å². The standard InChI is InChI=1S/C16H18N2O3/c1-10-8-13-6-4-5-7-14(13)18(10)15(19)9-17-11(2)12(3)21-16(17)20/h4-7,10H,8-9H2,1-3H3/t10-/m0/s1. The van der Waals surface area contributed by atoms with Gasteiger partial charge in [-0.15, -0.1) is 0 Å². The van der Waals surface area contributed by atoms with Crippen LogP contribution in [0, 0.1) is 13.8 Å². The van der Waals surface area contributed by atoms with Crippen molar-refractivity contribution in [1.29, 1.82) is 0 Å². The molecule has 0 spiro atoms. The lowest BCUT2D eigenvalue weighted by Gasteiger charge is -2.22. The summed E-state index contributed by atoms with van der Waals surface area (Å²) in [5, 5.41) is 0. The molecule has 3 rings (SSSR count). The van der Waals surface area contributed by atoms with E-state index in [1.165, 1.54) is 10.1 Å². The second-order valence-corrected chi connectivity index (χ2v) is 5.54. The van der Waals surface area contributed by atoms with Crippen LogP contribution >= 0.6 is 0 Å². The van der Waals surface area contributed by atoms with E-state index in [0.717, 1.165) is 12.1 Å². The molecule has 5 heteroatoms. The van der Waals surface area contributed by atoms with Crippen molar-refractivity contribution < 1.29 is 9.21 Å². The van der Waals surface area contributed by atoms with Crippen LogP contribution in [0.3, 0.4) is 0 Å². The maximum absolute atomic E-state index is 12.6. The minimum atomic E-state index is -0.474. The second kappa shape index (κ2) is 4.91. The molecule has 1 aliphatic heterocycles. The number of carbonyl (C=O) groups excluding carboxylic acids is 1. The summed E-state index contributed by atoms with van der Waals surface area (Å²) < 4.78 is 6.44. The third kappa shape index (κ3) is 2.18. The van der Waals surface area contributed by atoms with Gasteiger partial charge in [0, 0.05) is 11.7 Å². The number of para-hydroxylation sites is 1. The highest BCUT2D eigenvalue weighted by Crippen LogP contribution is 2.31. The molecule has 1 aromatic carbocycles. The van der Waals surface area contributed by atoms with Crippen LogP contribution in [0.2, 0.25) is 0 Å². The van der Waals surface area contributed by atoms with Crippen LogP contribution in [0.5, 0.6) is 0 Å². The van der Waals surface area contributed by atoms with Gasteiger partial charge in [-0.25, -0.2) is 4.79 Å². The van der Waals surface area contributed by atoms with Crippen LogP contribution in [-0.2, 0) is 17.8 Å². The van der Waals surface area contributed by atoms with E-state index in [9.17, 15) is 9.59 Å². The highest BCUT2D eigenvalue weighted by atomic mass is 16.4. The SMILES string of the molecule is Cc1oc(=O)n(CC(=O)N2c3ccccc3C[C@@H]2C)c1C. The van der Waals surface area contributed by atoms with Gasteiger partial charge >= 0.3 is 5.76 Å². The van der Waals surface area contributed by atoms with Crippen molar-refractivity contribution in [3.63, 3.8) is 0 Å². The summed E-state index contributed by atoms with van der Waals surface area (Å²) in [4.78, 5) is 26.2. The van der Waals surface area contributed by atoms with Crippen molar-refractivity contribution in [3.8, 4) is 0 Å². The van der Waals surface area contributed by atoms with E-state index in [-0.39, 0.29) is 18.5 Å². The Bertz CT molecular complexity index is 757. The highest BCUT2D eigenvalue weighted by Gasteiger charge is 2.31. The fraction of sp³-hybridized carbons (Fsp3) is 0.375. The van der Waals surface area contributed by atoms with Crippen molar-refractivity contribution in [2.75, 3.05) is 4.90 Å². The Kier molecular flexibility index (Phi) is 3.20. The van der Waals surface area contributed by atoms with Gasteiger partial charge in [-0.2, -0.15) is 0 Å². The molecule has 21 heavy (non-hydrogen) atoms. The third-order valence-electron chi connectivity index (χ3n) is 4.14. The van der Waals surface area contributed by atoms with Gasteiger partial charge in [0.15, 0.2) is 0 Å². The van der Waals surface area contributed by atoms with Crippen molar-refractivity contribution >= 4 is 11.6 Å². The first-order chi connectivity index (χ1) is 9.99. The van der Waals surface area contributed by atoms with E-state index in [4.69, 9.17) is 4.42 Å². The Morgan fingerprint density at radius 3 is 2.71 bits per heavy atom. The molecule has 5 nitrogen and oxygen atoms in total. The molecule has 0 radical (unpaired) electrons. The van der Waals surface area contributed by atoms with Crippen LogP contribution < -0.4 is 10.7 Å². The Morgan fingerprint density at radius 1 is 1.33 bits per heavy atom. The number of hydrogen-bond acceptors (Lipinski definition) is 3. The van der Waals surface area contributed by atoms with E-state index in [2.05, 4.69) is 0 Å². The van der Waals surface area contributed by atoms with Crippen LogP contribution in [0.25, 0.3) is 0 Å². The minimum Gasteiger partial charge on any atom is -0.413 e. The first-order valence-corrected chi connectivity index (χ1v) is 7.06. The Morgan fingerprint density at radius 2 is 2.05 bits per heavy atom. The third-order valence-corrected chi connectivity index (χ3v) is 4.14. The molecule has 0 bridgehead atoms. The first kappa shape index (κ1) is 13.7. The van der Waals surface area contributed by atoms with E-state index < -0.39 is 5.76 Å². The molecule has 0 saturated carbocycles. The molecule has 0 saturated heterocycles. The average molecular weight is 286 g/mol. The molecule has 1 atom stereocenters. The molecule has 1 aromatic heterocycles. The lowest BCUT2D eigenvalue weighted by atomic mass is 10.1. The molecule has 110 valence electrons. The molecular weight excluding hydrogens is 268 g/mol. The van der Waals surface area contributed by atoms with Gasteiger partial charge < -0.3 is 9.32 Å². The Hall–Kier alpha value is -2.30.